The second-order valence-corrected chi connectivity index (χ2v) is 6.70. The van der Waals surface area contributed by atoms with Crippen molar-refractivity contribution in [2.45, 2.75) is 40.2 Å². The van der Waals surface area contributed by atoms with Crippen LogP contribution < -0.4 is 5.73 Å². The van der Waals surface area contributed by atoms with Gasteiger partial charge < -0.3 is 10.3 Å². The molecular formula is C16H22BrN3. The van der Waals surface area contributed by atoms with E-state index >= 15 is 0 Å². The van der Waals surface area contributed by atoms with Crippen LogP contribution in [-0.4, -0.2) is 9.55 Å². The Hall–Kier alpha value is -1.29. The lowest BCUT2D eigenvalue weighted by atomic mass is 10.1. The molecule has 0 spiro atoms. The Labute approximate surface area is 129 Å². The van der Waals surface area contributed by atoms with E-state index in [0.29, 0.717) is 11.8 Å². The van der Waals surface area contributed by atoms with Crippen molar-refractivity contribution in [1.82, 2.24) is 9.55 Å². The minimum atomic E-state index is 0.354. The topological polar surface area (TPSA) is 43.8 Å². The van der Waals surface area contributed by atoms with E-state index < -0.39 is 0 Å². The SMILES string of the molecule is CC(C)Cn1c(C(C)C)nc(-c2ccccc2Br)c1N. The number of anilines is 1. The molecule has 0 amide bonds. The number of rotatable bonds is 4. The normalized spacial score (nSPS) is 11.6. The summed E-state index contributed by atoms with van der Waals surface area (Å²) in [5.74, 6) is 2.71. The van der Waals surface area contributed by atoms with Crippen molar-refractivity contribution in [2.24, 2.45) is 5.92 Å². The highest BCUT2D eigenvalue weighted by atomic mass is 79.9. The molecule has 0 saturated heterocycles. The maximum atomic E-state index is 6.37. The molecule has 2 rings (SSSR count). The van der Waals surface area contributed by atoms with Gasteiger partial charge in [-0.15, -0.1) is 0 Å². The van der Waals surface area contributed by atoms with Crippen LogP contribution in [0.3, 0.4) is 0 Å². The van der Waals surface area contributed by atoms with Crippen molar-refractivity contribution >= 4 is 21.7 Å². The van der Waals surface area contributed by atoms with Crippen LogP contribution in [0, 0.1) is 5.92 Å². The number of hydrogen-bond donors (Lipinski definition) is 1. The molecule has 0 saturated carbocycles. The molecule has 108 valence electrons. The van der Waals surface area contributed by atoms with E-state index in [-0.39, 0.29) is 0 Å². The summed E-state index contributed by atoms with van der Waals surface area (Å²) >= 11 is 3.58. The summed E-state index contributed by atoms with van der Waals surface area (Å²) in [7, 11) is 0. The second kappa shape index (κ2) is 6.00. The number of nitrogens with two attached hydrogens (primary N) is 1. The molecule has 20 heavy (non-hydrogen) atoms. The maximum Gasteiger partial charge on any atom is 0.131 e. The average molecular weight is 336 g/mol. The molecular weight excluding hydrogens is 314 g/mol. The maximum absolute atomic E-state index is 6.37. The van der Waals surface area contributed by atoms with Gasteiger partial charge in [0.15, 0.2) is 0 Å². The first-order valence-corrected chi connectivity index (χ1v) is 7.81. The molecule has 0 aliphatic rings. The minimum Gasteiger partial charge on any atom is -0.383 e. The van der Waals surface area contributed by atoms with Gasteiger partial charge in [-0.25, -0.2) is 4.98 Å². The third-order valence-electron chi connectivity index (χ3n) is 3.23. The average Bonchev–Trinajstić information content (AvgIpc) is 2.68. The van der Waals surface area contributed by atoms with E-state index in [1.54, 1.807) is 0 Å². The molecule has 1 aromatic heterocycles. The number of hydrogen-bond acceptors (Lipinski definition) is 2. The number of imidazole rings is 1. The van der Waals surface area contributed by atoms with Crippen LogP contribution in [0.25, 0.3) is 11.3 Å². The van der Waals surface area contributed by atoms with Crippen molar-refractivity contribution < 1.29 is 0 Å². The van der Waals surface area contributed by atoms with Gasteiger partial charge in [0.2, 0.25) is 0 Å². The molecule has 1 heterocycles. The van der Waals surface area contributed by atoms with Crippen molar-refractivity contribution in [3.8, 4) is 11.3 Å². The van der Waals surface area contributed by atoms with Crippen LogP contribution in [0.2, 0.25) is 0 Å². The first-order valence-electron chi connectivity index (χ1n) is 7.02. The Morgan fingerprint density at radius 1 is 1.20 bits per heavy atom. The number of nitrogen functional groups attached to an aromatic ring is 1. The quantitative estimate of drug-likeness (QED) is 0.881. The summed E-state index contributed by atoms with van der Waals surface area (Å²) in [5, 5.41) is 0. The Balaban J connectivity index is 2.58. The number of halogens is 1. The zero-order valence-corrected chi connectivity index (χ0v) is 14.1. The number of nitrogens with zero attached hydrogens (tertiary/aromatic N) is 2. The largest absolute Gasteiger partial charge is 0.383 e. The Bertz CT molecular complexity index is 600. The van der Waals surface area contributed by atoms with Crippen LogP contribution in [0.4, 0.5) is 5.82 Å². The lowest BCUT2D eigenvalue weighted by Crippen LogP contribution is -2.12. The molecule has 0 radical (unpaired) electrons. The summed E-state index contributed by atoms with van der Waals surface area (Å²) in [6, 6.07) is 8.08. The number of benzene rings is 1. The van der Waals surface area contributed by atoms with Crippen LogP contribution >= 0.6 is 15.9 Å². The van der Waals surface area contributed by atoms with Gasteiger partial charge in [0.25, 0.3) is 0 Å². The van der Waals surface area contributed by atoms with Gasteiger partial charge in [0, 0.05) is 22.5 Å². The third-order valence-corrected chi connectivity index (χ3v) is 3.92. The predicted molar refractivity (Wildman–Crippen MR) is 88.7 cm³/mol. The van der Waals surface area contributed by atoms with E-state index in [4.69, 9.17) is 10.7 Å². The molecule has 4 heteroatoms. The molecule has 0 bridgehead atoms. The van der Waals surface area contributed by atoms with E-state index in [1.165, 1.54) is 0 Å². The van der Waals surface area contributed by atoms with Gasteiger partial charge in [0.1, 0.15) is 17.3 Å². The Morgan fingerprint density at radius 2 is 1.85 bits per heavy atom. The zero-order chi connectivity index (χ0) is 14.9. The van der Waals surface area contributed by atoms with Gasteiger partial charge in [-0.05, 0) is 12.0 Å². The van der Waals surface area contributed by atoms with Gasteiger partial charge in [0.05, 0.1) is 0 Å². The smallest absolute Gasteiger partial charge is 0.131 e. The molecule has 1 aromatic carbocycles. The fraction of sp³-hybridized carbons (Fsp3) is 0.438. The van der Waals surface area contributed by atoms with Crippen LogP contribution in [0.5, 0.6) is 0 Å². The lowest BCUT2D eigenvalue weighted by Gasteiger charge is -2.14. The van der Waals surface area contributed by atoms with Gasteiger partial charge in [-0.2, -0.15) is 0 Å². The second-order valence-electron chi connectivity index (χ2n) is 5.84. The summed E-state index contributed by atoms with van der Waals surface area (Å²) in [5.41, 5.74) is 8.30. The summed E-state index contributed by atoms with van der Waals surface area (Å²) in [6.45, 7) is 9.60. The Kier molecular flexibility index (Phi) is 4.53. The summed E-state index contributed by atoms with van der Waals surface area (Å²) in [6.07, 6.45) is 0. The predicted octanol–water partition coefficient (Wildman–Crippen LogP) is 4.67. The zero-order valence-electron chi connectivity index (χ0n) is 12.5. The van der Waals surface area contributed by atoms with Crippen molar-refractivity contribution in [3.63, 3.8) is 0 Å². The highest BCUT2D eigenvalue weighted by Gasteiger charge is 2.19. The molecule has 0 aliphatic carbocycles. The first-order chi connectivity index (χ1) is 9.41. The first kappa shape index (κ1) is 15.1. The fourth-order valence-corrected chi connectivity index (χ4v) is 2.81. The Morgan fingerprint density at radius 3 is 2.40 bits per heavy atom. The molecule has 0 atom stereocenters. The number of aromatic nitrogens is 2. The van der Waals surface area contributed by atoms with Crippen molar-refractivity contribution in [2.75, 3.05) is 5.73 Å². The van der Waals surface area contributed by atoms with Gasteiger partial charge in [-0.3, -0.25) is 0 Å². The van der Waals surface area contributed by atoms with Gasteiger partial charge >= 0.3 is 0 Å². The molecule has 0 unspecified atom stereocenters. The van der Waals surface area contributed by atoms with E-state index in [9.17, 15) is 0 Å². The van der Waals surface area contributed by atoms with Crippen molar-refractivity contribution in [3.05, 3.63) is 34.6 Å². The molecule has 0 fully saturated rings. The van der Waals surface area contributed by atoms with Crippen LogP contribution in [0.15, 0.2) is 28.7 Å². The fourth-order valence-electron chi connectivity index (χ4n) is 2.33. The van der Waals surface area contributed by atoms with Crippen molar-refractivity contribution in [1.29, 1.82) is 0 Å². The highest BCUT2D eigenvalue weighted by molar-refractivity contribution is 9.10. The molecule has 3 nitrogen and oxygen atoms in total. The van der Waals surface area contributed by atoms with E-state index in [0.717, 1.165) is 33.9 Å². The lowest BCUT2D eigenvalue weighted by molar-refractivity contribution is 0.502. The van der Waals surface area contributed by atoms with E-state index in [2.05, 4.69) is 48.2 Å². The van der Waals surface area contributed by atoms with E-state index in [1.807, 2.05) is 24.3 Å². The molecule has 2 N–H and O–H groups in total. The van der Waals surface area contributed by atoms with Crippen LogP contribution in [-0.2, 0) is 6.54 Å². The summed E-state index contributed by atoms with van der Waals surface area (Å²) < 4.78 is 3.18. The van der Waals surface area contributed by atoms with Crippen LogP contribution in [0.1, 0.15) is 39.4 Å². The summed E-state index contributed by atoms with van der Waals surface area (Å²) in [4.78, 5) is 4.80. The standard InChI is InChI=1S/C16H22BrN3/c1-10(2)9-20-15(18)14(19-16(20)11(3)4)12-7-5-6-8-13(12)17/h5-8,10-11H,9,18H2,1-4H3. The third kappa shape index (κ3) is 2.90. The monoisotopic (exact) mass is 335 g/mol. The molecule has 2 aromatic rings. The van der Waals surface area contributed by atoms with Gasteiger partial charge in [-0.1, -0.05) is 61.8 Å². The molecule has 0 aliphatic heterocycles. The minimum absolute atomic E-state index is 0.354. The highest BCUT2D eigenvalue weighted by Crippen LogP contribution is 2.34.